The predicted octanol–water partition coefficient (Wildman–Crippen LogP) is 1.66. The van der Waals surface area contributed by atoms with E-state index in [0.29, 0.717) is 5.69 Å². The Morgan fingerprint density at radius 2 is 2.07 bits per heavy atom. The molecule has 3 nitrogen and oxygen atoms in total. The van der Waals surface area contributed by atoms with Gasteiger partial charge < -0.3 is 16.2 Å². The summed E-state index contributed by atoms with van der Waals surface area (Å²) in [5.41, 5.74) is 14.0. The van der Waals surface area contributed by atoms with Crippen molar-refractivity contribution in [2.75, 3.05) is 12.8 Å². The van der Waals surface area contributed by atoms with Crippen LogP contribution in [0.3, 0.4) is 0 Å². The van der Waals surface area contributed by atoms with Gasteiger partial charge in [-0.25, -0.2) is 0 Å². The van der Waals surface area contributed by atoms with Crippen molar-refractivity contribution in [3.63, 3.8) is 0 Å². The van der Waals surface area contributed by atoms with E-state index in [1.165, 1.54) is 5.56 Å². The van der Waals surface area contributed by atoms with Crippen molar-refractivity contribution in [1.29, 1.82) is 0 Å². The first kappa shape index (κ1) is 10.3. The molecular formula is C12H18N2O. The molecule has 1 atom stereocenters. The molecule has 1 aliphatic rings. The molecule has 0 amide bonds. The van der Waals surface area contributed by atoms with E-state index in [-0.39, 0.29) is 11.5 Å². The maximum atomic E-state index is 6.01. The fraction of sp³-hybridized carbons (Fsp3) is 0.500. The molecule has 0 heterocycles. The summed E-state index contributed by atoms with van der Waals surface area (Å²) in [5.74, 6) is 0.735. The molecule has 1 aromatic carbocycles. The maximum absolute atomic E-state index is 6.01. The quantitative estimate of drug-likeness (QED) is 0.739. The number of anilines is 1. The van der Waals surface area contributed by atoms with E-state index < -0.39 is 0 Å². The number of ether oxygens (including phenoxy) is 1. The highest BCUT2D eigenvalue weighted by atomic mass is 16.5. The van der Waals surface area contributed by atoms with E-state index in [9.17, 15) is 0 Å². The minimum atomic E-state index is 0.167. The van der Waals surface area contributed by atoms with Gasteiger partial charge in [-0.1, -0.05) is 6.07 Å². The molecule has 1 unspecified atom stereocenters. The zero-order valence-corrected chi connectivity index (χ0v) is 9.29. The van der Waals surface area contributed by atoms with E-state index in [2.05, 4.69) is 13.0 Å². The van der Waals surface area contributed by atoms with Gasteiger partial charge in [0, 0.05) is 11.5 Å². The first-order valence-corrected chi connectivity index (χ1v) is 5.30. The van der Waals surface area contributed by atoms with E-state index >= 15 is 0 Å². The number of hydrogen-bond donors (Lipinski definition) is 2. The maximum Gasteiger partial charge on any atom is 0.141 e. The molecule has 1 aromatic rings. The fourth-order valence-corrected chi connectivity index (χ4v) is 2.19. The van der Waals surface area contributed by atoms with Crippen LogP contribution in [0.25, 0.3) is 0 Å². The highest BCUT2D eigenvalue weighted by molar-refractivity contribution is 5.56. The number of methoxy groups -OCH3 is 1. The summed E-state index contributed by atoms with van der Waals surface area (Å²) in [6, 6.07) is 6.18. The summed E-state index contributed by atoms with van der Waals surface area (Å²) >= 11 is 0. The molecule has 3 heteroatoms. The Balaban J connectivity index is 2.35. The Morgan fingerprint density at radius 3 is 2.47 bits per heavy atom. The molecule has 1 fully saturated rings. The zero-order chi connectivity index (χ0) is 11.1. The smallest absolute Gasteiger partial charge is 0.141 e. The first-order chi connectivity index (χ1) is 7.10. The Bertz CT molecular complexity index is 370. The van der Waals surface area contributed by atoms with Gasteiger partial charge in [0.25, 0.3) is 0 Å². The number of rotatable bonds is 3. The Hall–Kier alpha value is -1.22. The predicted molar refractivity (Wildman–Crippen MR) is 62.0 cm³/mol. The van der Waals surface area contributed by atoms with Crippen molar-refractivity contribution < 1.29 is 4.74 Å². The van der Waals surface area contributed by atoms with Crippen LogP contribution in [0, 0.1) is 0 Å². The second-order valence-electron chi connectivity index (χ2n) is 4.40. The van der Waals surface area contributed by atoms with E-state index in [1.54, 1.807) is 7.11 Å². The molecule has 2 rings (SSSR count). The van der Waals surface area contributed by atoms with Gasteiger partial charge in [-0.15, -0.1) is 0 Å². The SMILES string of the molecule is COc1ccc(C2(C(C)N)CC2)cc1N. The summed E-state index contributed by atoms with van der Waals surface area (Å²) < 4.78 is 5.14. The summed E-state index contributed by atoms with van der Waals surface area (Å²) in [6.07, 6.45) is 2.33. The van der Waals surface area contributed by atoms with Crippen LogP contribution in [0.4, 0.5) is 5.69 Å². The van der Waals surface area contributed by atoms with E-state index in [0.717, 1.165) is 18.6 Å². The van der Waals surface area contributed by atoms with Gasteiger partial charge in [-0.05, 0) is 37.5 Å². The number of nitrogen functional groups attached to an aromatic ring is 1. The van der Waals surface area contributed by atoms with E-state index in [1.807, 2.05) is 12.1 Å². The molecular weight excluding hydrogens is 188 g/mol. The van der Waals surface area contributed by atoms with Crippen LogP contribution in [-0.4, -0.2) is 13.2 Å². The third-order valence-corrected chi connectivity index (χ3v) is 3.46. The lowest BCUT2D eigenvalue weighted by molar-refractivity contribution is 0.416. The molecule has 0 saturated heterocycles. The second-order valence-corrected chi connectivity index (χ2v) is 4.40. The van der Waals surface area contributed by atoms with Crippen molar-refractivity contribution >= 4 is 5.69 Å². The summed E-state index contributed by atoms with van der Waals surface area (Å²) in [6.45, 7) is 2.06. The summed E-state index contributed by atoms with van der Waals surface area (Å²) in [4.78, 5) is 0. The number of benzene rings is 1. The molecule has 0 aromatic heterocycles. The van der Waals surface area contributed by atoms with Gasteiger partial charge in [0.2, 0.25) is 0 Å². The van der Waals surface area contributed by atoms with Crippen molar-refractivity contribution in [2.24, 2.45) is 5.73 Å². The largest absolute Gasteiger partial charge is 0.495 e. The third-order valence-electron chi connectivity index (χ3n) is 3.46. The standard InChI is InChI=1S/C12H18N2O/c1-8(13)12(5-6-12)9-3-4-11(15-2)10(14)7-9/h3-4,7-8H,5-6,13-14H2,1-2H3. The minimum Gasteiger partial charge on any atom is -0.495 e. The topological polar surface area (TPSA) is 61.3 Å². The third kappa shape index (κ3) is 1.57. The molecule has 1 saturated carbocycles. The molecule has 0 aliphatic heterocycles. The fourth-order valence-electron chi connectivity index (χ4n) is 2.19. The van der Waals surface area contributed by atoms with Crippen LogP contribution < -0.4 is 16.2 Å². The van der Waals surface area contributed by atoms with Gasteiger partial charge in [0.1, 0.15) is 5.75 Å². The molecule has 4 N–H and O–H groups in total. The lowest BCUT2D eigenvalue weighted by Gasteiger charge is -2.21. The number of nitrogens with two attached hydrogens (primary N) is 2. The Kier molecular flexibility index (Phi) is 2.35. The summed E-state index contributed by atoms with van der Waals surface area (Å²) in [7, 11) is 1.63. The Labute approximate surface area is 90.4 Å². The molecule has 1 aliphatic carbocycles. The van der Waals surface area contributed by atoms with Crippen molar-refractivity contribution in [3.8, 4) is 5.75 Å². The van der Waals surface area contributed by atoms with Gasteiger partial charge >= 0.3 is 0 Å². The van der Waals surface area contributed by atoms with E-state index in [4.69, 9.17) is 16.2 Å². The van der Waals surface area contributed by atoms with Crippen LogP contribution in [0.1, 0.15) is 25.3 Å². The monoisotopic (exact) mass is 206 g/mol. The highest BCUT2D eigenvalue weighted by Gasteiger charge is 2.47. The van der Waals surface area contributed by atoms with Gasteiger partial charge in [0.05, 0.1) is 12.8 Å². The lowest BCUT2D eigenvalue weighted by atomic mass is 9.89. The molecule has 0 spiro atoms. The lowest BCUT2D eigenvalue weighted by Crippen LogP contribution is -2.31. The second kappa shape index (κ2) is 3.42. The van der Waals surface area contributed by atoms with Gasteiger partial charge in [-0.2, -0.15) is 0 Å². The molecule has 15 heavy (non-hydrogen) atoms. The van der Waals surface area contributed by atoms with Crippen LogP contribution in [0.15, 0.2) is 18.2 Å². The normalized spacial score (nSPS) is 19.7. The Morgan fingerprint density at radius 1 is 1.40 bits per heavy atom. The van der Waals surface area contributed by atoms with Crippen molar-refractivity contribution in [1.82, 2.24) is 0 Å². The molecule has 0 radical (unpaired) electrons. The average molecular weight is 206 g/mol. The minimum absolute atomic E-state index is 0.167. The summed E-state index contributed by atoms with van der Waals surface area (Å²) in [5, 5.41) is 0. The van der Waals surface area contributed by atoms with Crippen LogP contribution in [0.2, 0.25) is 0 Å². The van der Waals surface area contributed by atoms with Gasteiger partial charge in [-0.3, -0.25) is 0 Å². The number of hydrogen-bond acceptors (Lipinski definition) is 3. The molecule has 0 bridgehead atoms. The highest BCUT2D eigenvalue weighted by Crippen LogP contribution is 2.51. The van der Waals surface area contributed by atoms with Crippen molar-refractivity contribution in [3.05, 3.63) is 23.8 Å². The average Bonchev–Trinajstić information content (AvgIpc) is 2.98. The van der Waals surface area contributed by atoms with Crippen LogP contribution >= 0.6 is 0 Å². The first-order valence-electron chi connectivity index (χ1n) is 5.30. The van der Waals surface area contributed by atoms with Crippen LogP contribution in [0.5, 0.6) is 5.75 Å². The van der Waals surface area contributed by atoms with Gasteiger partial charge in [0.15, 0.2) is 0 Å². The molecule has 82 valence electrons. The van der Waals surface area contributed by atoms with Crippen LogP contribution in [-0.2, 0) is 5.41 Å². The zero-order valence-electron chi connectivity index (χ0n) is 9.29. The van der Waals surface area contributed by atoms with Crippen molar-refractivity contribution in [2.45, 2.75) is 31.2 Å².